The average Bonchev–Trinajstić information content (AvgIpc) is 3.62. The van der Waals surface area contributed by atoms with Crippen LogP contribution in [0.25, 0.3) is 33.4 Å². The van der Waals surface area contributed by atoms with E-state index in [1.165, 1.54) is 86.0 Å². The Morgan fingerprint density at radius 2 is 0.538 bits per heavy atom. The Hall–Kier alpha value is -7.37. The summed E-state index contributed by atoms with van der Waals surface area (Å²) >= 11 is 0. The maximum Gasteiger partial charge on any atom is 0.179 e. The van der Waals surface area contributed by atoms with Crippen LogP contribution in [0.1, 0.15) is 25.0 Å². The molecule has 0 radical (unpaired) electrons. The number of rotatable bonds is 10. The van der Waals surface area contributed by atoms with Crippen LogP contribution in [0.5, 0.6) is 0 Å². The summed E-state index contributed by atoms with van der Waals surface area (Å²) < 4.78 is 0. The minimum atomic E-state index is -2.71. The lowest BCUT2D eigenvalue weighted by Crippen LogP contribution is -2.74. The fourth-order valence-electron chi connectivity index (χ4n) is 11.3. The summed E-state index contributed by atoms with van der Waals surface area (Å²) in [5.41, 5.74) is 10.3. The van der Waals surface area contributed by atoms with Gasteiger partial charge in [-0.05, 0) is 86.0 Å². The van der Waals surface area contributed by atoms with E-state index in [1.807, 2.05) is 0 Å². The summed E-state index contributed by atoms with van der Waals surface area (Å²) in [6.07, 6.45) is 0. The van der Waals surface area contributed by atoms with Gasteiger partial charge in [-0.3, -0.25) is 0 Å². The van der Waals surface area contributed by atoms with Crippen molar-refractivity contribution in [2.75, 3.05) is 0 Å². The van der Waals surface area contributed by atoms with E-state index in [0.29, 0.717) is 0 Å². The molecule has 0 aliphatic heterocycles. The second kappa shape index (κ2) is 16.6. The smallest absolute Gasteiger partial charge is 0.0623 e. The summed E-state index contributed by atoms with van der Waals surface area (Å²) in [5, 5.41) is 11.0. The van der Waals surface area contributed by atoms with Gasteiger partial charge in [0.25, 0.3) is 0 Å². The van der Waals surface area contributed by atoms with Crippen molar-refractivity contribution in [1.29, 1.82) is 0 Å². The Balaban J connectivity index is 1.13. The maximum absolute atomic E-state index is 2.71. The summed E-state index contributed by atoms with van der Waals surface area (Å²) in [7, 11) is -5.40. The van der Waals surface area contributed by atoms with Gasteiger partial charge in [0, 0.05) is 5.41 Å². The van der Waals surface area contributed by atoms with Gasteiger partial charge in [-0.15, -0.1) is 0 Å². The molecular formula is C63H50Si2. The van der Waals surface area contributed by atoms with E-state index in [0.717, 1.165) is 0 Å². The SMILES string of the molecule is CC1(C)c2ccccc2-c2c1ccc(-c1ccc([Si](c3ccccc3)(c3ccccc3)c3ccccc3)cc1)c2-c1ccc([Si](c2ccccc2)(c2ccccc2)c2ccccc2)cc1. The standard InChI is InChI=1S/C63H50Si2/c1-63(2)59-36-22-21-35-58(59)62-60(63)46-45-57(47-37-41-55(42-38-47)64(49-23-9-3-10-24-49,50-25-11-4-12-26-50)51-27-13-5-14-28-51)61(62)48-39-43-56(44-40-48)65(52-29-15-6-16-30-52,53-31-17-7-18-32-53)54-33-19-8-20-34-54/h3-46H,1-2H3. The van der Waals surface area contributed by atoms with Gasteiger partial charge in [0.2, 0.25) is 0 Å². The first kappa shape index (κ1) is 40.4. The van der Waals surface area contributed by atoms with Crippen LogP contribution in [0.4, 0.5) is 0 Å². The molecule has 10 aromatic carbocycles. The van der Waals surface area contributed by atoms with Gasteiger partial charge in [-0.2, -0.15) is 0 Å². The zero-order valence-electron chi connectivity index (χ0n) is 36.9. The van der Waals surface area contributed by atoms with Gasteiger partial charge in [0.1, 0.15) is 0 Å². The minimum absolute atomic E-state index is 0.134. The van der Waals surface area contributed by atoms with Crippen LogP contribution in [0.15, 0.2) is 267 Å². The molecule has 0 atom stereocenters. The van der Waals surface area contributed by atoms with E-state index in [9.17, 15) is 0 Å². The quantitative estimate of drug-likeness (QED) is 0.0950. The van der Waals surface area contributed by atoms with E-state index in [4.69, 9.17) is 0 Å². The summed E-state index contributed by atoms with van der Waals surface area (Å²) in [5.74, 6) is 0. The van der Waals surface area contributed by atoms with Gasteiger partial charge in [-0.25, -0.2) is 0 Å². The van der Waals surface area contributed by atoms with Crippen LogP contribution in [-0.2, 0) is 5.41 Å². The highest BCUT2D eigenvalue weighted by molar-refractivity contribution is 7.20. The molecule has 0 heterocycles. The molecule has 65 heavy (non-hydrogen) atoms. The molecule has 2 heteroatoms. The first-order valence-corrected chi connectivity index (χ1v) is 26.8. The second-order valence-electron chi connectivity index (χ2n) is 17.9. The monoisotopic (exact) mass is 862 g/mol. The van der Waals surface area contributed by atoms with Gasteiger partial charge in [-0.1, -0.05) is 281 Å². The number of benzene rings is 10. The molecule has 10 aromatic rings. The van der Waals surface area contributed by atoms with E-state index in [1.54, 1.807) is 0 Å². The van der Waals surface area contributed by atoms with Crippen LogP contribution in [-0.4, -0.2) is 16.1 Å². The molecule has 1 aliphatic carbocycles. The molecule has 310 valence electrons. The van der Waals surface area contributed by atoms with Crippen molar-refractivity contribution in [2.45, 2.75) is 19.3 Å². The molecule has 0 saturated carbocycles. The van der Waals surface area contributed by atoms with E-state index >= 15 is 0 Å². The topological polar surface area (TPSA) is 0 Å². The lowest BCUT2D eigenvalue weighted by Gasteiger charge is -2.34. The summed E-state index contributed by atoms with van der Waals surface area (Å²) in [6.45, 7) is 4.78. The van der Waals surface area contributed by atoms with Crippen molar-refractivity contribution < 1.29 is 0 Å². The number of hydrogen-bond acceptors (Lipinski definition) is 0. The predicted molar refractivity (Wildman–Crippen MR) is 282 cm³/mol. The van der Waals surface area contributed by atoms with Crippen molar-refractivity contribution in [3.8, 4) is 33.4 Å². The summed E-state index contributed by atoms with van der Waals surface area (Å²) in [6, 6.07) is 101. The highest BCUT2D eigenvalue weighted by Crippen LogP contribution is 2.54. The van der Waals surface area contributed by atoms with Gasteiger partial charge in [0.15, 0.2) is 16.1 Å². The highest BCUT2D eigenvalue weighted by Gasteiger charge is 2.43. The molecule has 0 saturated heterocycles. The van der Waals surface area contributed by atoms with Gasteiger partial charge < -0.3 is 0 Å². The van der Waals surface area contributed by atoms with E-state index < -0.39 is 16.1 Å². The third-order valence-corrected chi connectivity index (χ3v) is 23.8. The van der Waals surface area contributed by atoms with Crippen LogP contribution in [0, 0.1) is 0 Å². The van der Waals surface area contributed by atoms with Crippen LogP contribution >= 0.6 is 0 Å². The lowest BCUT2D eigenvalue weighted by atomic mass is 9.80. The Bertz CT molecular complexity index is 3030. The van der Waals surface area contributed by atoms with Crippen LogP contribution in [0.2, 0.25) is 0 Å². The Morgan fingerprint density at radius 3 is 0.908 bits per heavy atom. The van der Waals surface area contributed by atoms with Crippen molar-refractivity contribution in [2.24, 2.45) is 0 Å². The molecule has 0 aromatic heterocycles. The average molecular weight is 863 g/mol. The van der Waals surface area contributed by atoms with Gasteiger partial charge >= 0.3 is 0 Å². The Morgan fingerprint density at radius 1 is 0.231 bits per heavy atom. The predicted octanol–water partition coefficient (Wildman–Crippen LogP) is 10.1. The molecule has 0 fully saturated rings. The molecule has 0 bridgehead atoms. The van der Waals surface area contributed by atoms with Crippen molar-refractivity contribution in [3.05, 3.63) is 278 Å². The molecule has 0 nitrogen and oxygen atoms in total. The molecule has 0 amide bonds. The van der Waals surface area contributed by atoms with Crippen LogP contribution < -0.4 is 41.5 Å². The minimum Gasteiger partial charge on any atom is -0.0623 e. The first-order valence-electron chi connectivity index (χ1n) is 22.8. The maximum atomic E-state index is 2.45. The zero-order valence-corrected chi connectivity index (χ0v) is 38.9. The van der Waals surface area contributed by atoms with Crippen molar-refractivity contribution in [1.82, 2.24) is 0 Å². The molecule has 1 aliphatic rings. The Labute approximate surface area is 386 Å². The largest absolute Gasteiger partial charge is 0.179 e. The third-order valence-electron chi connectivity index (χ3n) is 14.2. The zero-order chi connectivity index (χ0) is 43.9. The lowest BCUT2D eigenvalue weighted by molar-refractivity contribution is 0.660. The fourth-order valence-corrected chi connectivity index (χ4v) is 20.7. The molecule has 0 N–H and O–H groups in total. The fraction of sp³-hybridized carbons (Fsp3) is 0.0476. The highest BCUT2D eigenvalue weighted by atomic mass is 28.3. The van der Waals surface area contributed by atoms with Crippen LogP contribution in [0.3, 0.4) is 0 Å². The normalized spacial score (nSPS) is 12.9. The second-order valence-corrected chi connectivity index (χ2v) is 25.6. The first-order chi connectivity index (χ1) is 32.0. The molecular weight excluding hydrogens is 813 g/mol. The summed E-state index contributed by atoms with van der Waals surface area (Å²) in [4.78, 5) is 0. The van der Waals surface area contributed by atoms with Crippen molar-refractivity contribution >= 4 is 57.6 Å². The number of hydrogen-bond donors (Lipinski definition) is 0. The van der Waals surface area contributed by atoms with Crippen molar-refractivity contribution in [3.63, 3.8) is 0 Å². The van der Waals surface area contributed by atoms with E-state index in [2.05, 4.69) is 281 Å². The molecule has 11 rings (SSSR count). The van der Waals surface area contributed by atoms with Gasteiger partial charge in [0.05, 0.1) is 0 Å². The number of fused-ring (bicyclic) bond motifs is 3. The van der Waals surface area contributed by atoms with E-state index in [-0.39, 0.29) is 5.41 Å². The third kappa shape index (κ3) is 6.55. The molecule has 0 unspecified atom stereocenters. The molecule has 0 spiro atoms. The Kier molecular flexibility index (Phi) is 10.3.